The molecule has 0 saturated heterocycles. The number of nitro benzene ring substituents is 1. The predicted molar refractivity (Wildman–Crippen MR) is 93.9 cm³/mol. The predicted octanol–water partition coefficient (Wildman–Crippen LogP) is 3.80. The van der Waals surface area contributed by atoms with E-state index < -0.39 is 10.5 Å². The molecule has 0 atom stereocenters. The Kier molecular flexibility index (Phi) is 3.39. The molecular formula is C18H11N3O4. The molecular weight excluding hydrogens is 322 g/mol. The van der Waals surface area contributed by atoms with Crippen LogP contribution in [0.2, 0.25) is 0 Å². The van der Waals surface area contributed by atoms with Crippen LogP contribution < -0.4 is 5.63 Å². The Labute approximate surface area is 141 Å². The highest BCUT2D eigenvalue weighted by Gasteiger charge is 2.22. The minimum absolute atomic E-state index is 0.111. The van der Waals surface area contributed by atoms with Crippen LogP contribution >= 0.6 is 0 Å². The lowest BCUT2D eigenvalue weighted by molar-refractivity contribution is -0.384. The first kappa shape index (κ1) is 14.8. The lowest BCUT2D eigenvalue weighted by Gasteiger charge is -2.02. The van der Waals surface area contributed by atoms with Crippen molar-refractivity contribution in [1.82, 2.24) is 5.16 Å². The fourth-order valence-corrected chi connectivity index (χ4v) is 2.79. The Balaban J connectivity index is 1.89. The number of aliphatic imine (C=N–C) groups is 1. The summed E-state index contributed by atoms with van der Waals surface area (Å²) in [6.07, 6.45) is 3.28. The van der Waals surface area contributed by atoms with Crippen molar-refractivity contribution in [3.8, 4) is 11.3 Å². The summed E-state index contributed by atoms with van der Waals surface area (Å²) in [5.74, 6) is 0. The molecule has 0 unspecified atom stereocenters. The molecule has 1 aliphatic rings. The first-order chi connectivity index (χ1) is 12.1. The van der Waals surface area contributed by atoms with E-state index in [-0.39, 0.29) is 22.5 Å². The Hall–Kier alpha value is -3.74. The van der Waals surface area contributed by atoms with Crippen molar-refractivity contribution in [2.24, 2.45) is 4.99 Å². The maximum atomic E-state index is 12.1. The van der Waals surface area contributed by atoms with Crippen LogP contribution in [0.3, 0.4) is 0 Å². The number of rotatable bonds is 3. The summed E-state index contributed by atoms with van der Waals surface area (Å²) in [5, 5.41) is 13.8. The molecule has 1 aromatic heterocycles. The number of para-hydroxylation sites is 2. The summed E-state index contributed by atoms with van der Waals surface area (Å²) in [4.78, 5) is 27.2. The van der Waals surface area contributed by atoms with E-state index in [4.69, 9.17) is 4.52 Å². The molecule has 1 aliphatic heterocycles. The molecule has 0 saturated carbocycles. The highest BCUT2D eigenvalue weighted by Crippen LogP contribution is 2.34. The molecule has 4 rings (SSSR count). The van der Waals surface area contributed by atoms with Gasteiger partial charge in [0.05, 0.1) is 21.7 Å². The Morgan fingerprint density at radius 1 is 1.08 bits per heavy atom. The van der Waals surface area contributed by atoms with Crippen LogP contribution in [0, 0.1) is 10.1 Å². The van der Waals surface area contributed by atoms with E-state index in [0.717, 1.165) is 16.8 Å². The third kappa shape index (κ3) is 2.47. The fraction of sp³-hybridized carbons (Fsp3) is 0. The van der Waals surface area contributed by atoms with E-state index in [1.165, 1.54) is 6.07 Å². The maximum absolute atomic E-state index is 12.1. The lowest BCUT2D eigenvalue weighted by atomic mass is 10.0. The molecule has 0 amide bonds. The van der Waals surface area contributed by atoms with Crippen molar-refractivity contribution < 1.29 is 9.45 Å². The van der Waals surface area contributed by atoms with E-state index in [0.29, 0.717) is 0 Å². The van der Waals surface area contributed by atoms with Crippen LogP contribution in [-0.4, -0.2) is 16.3 Å². The molecule has 122 valence electrons. The van der Waals surface area contributed by atoms with Crippen LogP contribution in [0.5, 0.6) is 0 Å². The van der Waals surface area contributed by atoms with Gasteiger partial charge in [-0.25, -0.2) is 9.95 Å². The monoisotopic (exact) mass is 333 g/mol. The van der Waals surface area contributed by atoms with Crippen molar-refractivity contribution in [2.75, 3.05) is 0 Å². The molecule has 1 N–H and O–H groups in total. The van der Waals surface area contributed by atoms with Gasteiger partial charge in [-0.3, -0.25) is 15.1 Å². The van der Waals surface area contributed by atoms with Crippen LogP contribution in [0.15, 0.2) is 62.8 Å². The Morgan fingerprint density at radius 3 is 2.60 bits per heavy atom. The Bertz CT molecular complexity index is 1110. The number of nitrogens with zero attached hydrogens (tertiary/aromatic N) is 2. The highest BCUT2D eigenvalue weighted by molar-refractivity contribution is 6.21. The zero-order valence-corrected chi connectivity index (χ0v) is 12.8. The Morgan fingerprint density at radius 2 is 1.80 bits per heavy atom. The SMILES string of the molecule is O=c1o[nH]c(-c2ccccc2[N+](=O)[O-])c1C=C1C=Nc2ccccc21. The molecule has 0 bridgehead atoms. The number of fused-ring (bicyclic) bond motifs is 1. The molecule has 7 nitrogen and oxygen atoms in total. The molecule has 2 aromatic carbocycles. The second-order valence-corrected chi connectivity index (χ2v) is 5.43. The van der Waals surface area contributed by atoms with Crippen LogP contribution in [0.4, 0.5) is 11.4 Å². The number of nitrogens with one attached hydrogen (secondary N) is 1. The van der Waals surface area contributed by atoms with Gasteiger partial charge in [-0.05, 0) is 18.2 Å². The lowest BCUT2D eigenvalue weighted by Crippen LogP contribution is -1.99. The van der Waals surface area contributed by atoms with Gasteiger partial charge in [0.2, 0.25) is 0 Å². The number of allylic oxidation sites excluding steroid dienone is 1. The van der Waals surface area contributed by atoms with E-state index in [2.05, 4.69) is 10.1 Å². The first-order valence-corrected chi connectivity index (χ1v) is 7.45. The molecule has 0 aliphatic carbocycles. The van der Waals surface area contributed by atoms with E-state index >= 15 is 0 Å². The average Bonchev–Trinajstić information content (AvgIpc) is 3.20. The molecule has 2 heterocycles. The van der Waals surface area contributed by atoms with Gasteiger partial charge >= 0.3 is 5.63 Å². The molecule has 25 heavy (non-hydrogen) atoms. The van der Waals surface area contributed by atoms with Crippen LogP contribution in [0.1, 0.15) is 11.1 Å². The minimum atomic E-state index is -0.599. The van der Waals surface area contributed by atoms with E-state index in [9.17, 15) is 14.9 Å². The summed E-state index contributed by atoms with van der Waals surface area (Å²) in [6, 6.07) is 13.7. The van der Waals surface area contributed by atoms with Gasteiger partial charge in [0.1, 0.15) is 5.69 Å². The third-order valence-electron chi connectivity index (χ3n) is 3.96. The quantitative estimate of drug-likeness (QED) is 0.581. The maximum Gasteiger partial charge on any atom is 0.365 e. The van der Waals surface area contributed by atoms with Crippen molar-refractivity contribution in [3.05, 3.63) is 80.2 Å². The number of benzene rings is 2. The average molecular weight is 333 g/mol. The number of aromatic amines is 1. The molecule has 0 fully saturated rings. The van der Waals surface area contributed by atoms with Crippen LogP contribution in [0.25, 0.3) is 22.9 Å². The van der Waals surface area contributed by atoms with Crippen molar-refractivity contribution in [3.63, 3.8) is 0 Å². The van der Waals surface area contributed by atoms with Gasteiger partial charge in [0.25, 0.3) is 5.69 Å². The van der Waals surface area contributed by atoms with Crippen molar-refractivity contribution in [1.29, 1.82) is 0 Å². The van der Waals surface area contributed by atoms with Gasteiger partial charge in [-0.2, -0.15) is 0 Å². The second-order valence-electron chi connectivity index (χ2n) is 5.43. The largest absolute Gasteiger partial charge is 0.365 e. The summed E-state index contributed by atoms with van der Waals surface area (Å²) in [6.45, 7) is 0. The number of hydrogen-bond acceptors (Lipinski definition) is 5. The molecule has 7 heteroatoms. The summed E-state index contributed by atoms with van der Waals surface area (Å²) in [7, 11) is 0. The number of hydrogen-bond donors (Lipinski definition) is 1. The van der Waals surface area contributed by atoms with Gasteiger partial charge in [0.15, 0.2) is 0 Å². The zero-order valence-electron chi connectivity index (χ0n) is 12.8. The van der Waals surface area contributed by atoms with Crippen LogP contribution in [-0.2, 0) is 0 Å². The topological polar surface area (TPSA) is 102 Å². The minimum Gasteiger partial charge on any atom is -0.338 e. The van der Waals surface area contributed by atoms with Crippen molar-refractivity contribution >= 4 is 29.2 Å². The second kappa shape index (κ2) is 5.72. The molecule has 3 aromatic rings. The van der Waals surface area contributed by atoms with E-state index in [1.54, 1.807) is 30.5 Å². The van der Waals surface area contributed by atoms with Gasteiger partial charge in [0, 0.05) is 23.4 Å². The number of H-pyrrole nitrogens is 1. The molecule has 0 radical (unpaired) electrons. The van der Waals surface area contributed by atoms with Crippen molar-refractivity contribution in [2.45, 2.75) is 0 Å². The van der Waals surface area contributed by atoms with Gasteiger partial charge in [-0.1, -0.05) is 30.3 Å². The zero-order chi connectivity index (χ0) is 17.4. The van der Waals surface area contributed by atoms with Gasteiger partial charge < -0.3 is 4.52 Å². The summed E-state index contributed by atoms with van der Waals surface area (Å²) < 4.78 is 4.89. The standard InChI is InChI=1S/C18H11N3O4/c22-18-14(9-11-10-19-15-7-3-1-5-12(11)15)17(20-25-18)13-6-2-4-8-16(13)21(23)24/h1-10,20H. The first-order valence-electron chi connectivity index (χ1n) is 7.45. The van der Waals surface area contributed by atoms with Gasteiger partial charge in [-0.15, -0.1) is 0 Å². The highest BCUT2D eigenvalue weighted by atomic mass is 16.6. The normalized spacial score (nSPS) is 14.0. The van der Waals surface area contributed by atoms with E-state index in [1.807, 2.05) is 24.3 Å². The number of nitro groups is 1. The third-order valence-corrected chi connectivity index (χ3v) is 3.96. The number of aromatic nitrogens is 1. The fourth-order valence-electron chi connectivity index (χ4n) is 2.79. The molecule has 0 spiro atoms. The smallest absolute Gasteiger partial charge is 0.338 e. The summed E-state index contributed by atoms with van der Waals surface area (Å²) >= 11 is 0. The summed E-state index contributed by atoms with van der Waals surface area (Å²) in [5.41, 5.74) is 2.49.